The van der Waals surface area contributed by atoms with Gasteiger partial charge in [0.15, 0.2) is 5.82 Å². The fraction of sp³-hybridized carbons (Fsp3) is 0.538. The Balaban J connectivity index is 1.48. The van der Waals surface area contributed by atoms with E-state index < -0.39 is 6.04 Å². The van der Waals surface area contributed by atoms with Gasteiger partial charge in [0.05, 0.1) is 12.2 Å². The van der Waals surface area contributed by atoms with Crippen LogP contribution in [0, 0.1) is 6.92 Å². The molecule has 2 fully saturated rings. The molecule has 2 aliphatic heterocycles. The highest BCUT2D eigenvalue weighted by Crippen LogP contribution is 2.26. The van der Waals surface area contributed by atoms with Crippen molar-refractivity contribution >= 4 is 23.5 Å². The predicted molar refractivity (Wildman–Crippen MR) is 131 cm³/mol. The van der Waals surface area contributed by atoms with Gasteiger partial charge in [-0.2, -0.15) is 0 Å². The molecule has 2 aromatic rings. The van der Waals surface area contributed by atoms with Crippen LogP contribution in [-0.2, 0) is 23.9 Å². The number of hydrogen-bond donors (Lipinski definition) is 2. The van der Waals surface area contributed by atoms with Crippen molar-refractivity contribution < 1.29 is 28.4 Å². The Hall–Kier alpha value is -3.24. The second kappa shape index (κ2) is 12.6. The maximum absolute atomic E-state index is 13.5. The summed E-state index contributed by atoms with van der Waals surface area (Å²) >= 11 is 0. The van der Waals surface area contributed by atoms with E-state index in [-0.39, 0.29) is 49.3 Å². The van der Waals surface area contributed by atoms with E-state index in [4.69, 9.17) is 14.0 Å². The van der Waals surface area contributed by atoms with Crippen LogP contribution < -0.4 is 10.6 Å². The van der Waals surface area contributed by atoms with Crippen LogP contribution in [0.1, 0.15) is 55.9 Å². The molecule has 3 amide bonds. The molecule has 1 aromatic heterocycles. The highest BCUT2D eigenvalue weighted by Gasteiger charge is 2.34. The molecule has 2 saturated heterocycles. The zero-order chi connectivity index (χ0) is 25.3. The van der Waals surface area contributed by atoms with Crippen molar-refractivity contribution in [1.29, 1.82) is 0 Å². The largest absolute Gasteiger partial charge is 0.376 e. The maximum Gasteiger partial charge on any atom is 0.247 e. The summed E-state index contributed by atoms with van der Waals surface area (Å²) in [5, 5.41) is 9.37. The molecule has 0 spiro atoms. The van der Waals surface area contributed by atoms with Gasteiger partial charge in [0.1, 0.15) is 11.8 Å². The van der Waals surface area contributed by atoms with Gasteiger partial charge in [-0.25, -0.2) is 0 Å². The van der Waals surface area contributed by atoms with Gasteiger partial charge in [-0.15, -0.1) is 0 Å². The number of benzene rings is 1. The molecule has 0 aliphatic carbocycles. The van der Waals surface area contributed by atoms with Gasteiger partial charge in [-0.1, -0.05) is 35.5 Å². The Morgan fingerprint density at radius 3 is 2.42 bits per heavy atom. The van der Waals surface area contributed by atoms with Gasteiger partial charge >= 0.3 is 0 Å². The van der Waals surface area contributed by atoms with Crippen LogP contribution in [-0.4, -0.2) is 66.3 Å². The monoisotopic (exact) mass is 498 g/mol. The van der Waals surface area contributed by atoms with Crippen molar-refractivity contribution in [1.82, 2.24) is 15.4 Å². The van der Waals surface area contributed by atoms with Crippen molar-refractivity contribution in [3.05, 3.63) is 47.7 Å². The number of hydrogen-bond acceptors (Lipinski definition) is 7. The number of aromatic nitrogens is 1. The van der Waals surface area contributed by atoms with Crippen molar-refractivity contribution in [2.24, 2.45) is 0 Å². The maximum atomic E-state index is 13.5. The highest BCUT2D eigenvalue weighted by atomic mass is 16.5. The summed E-state index contributed by atoms with van der Waals surface area (Å²) in [5.74, 6) is -0.0443. The minimum atomic E-state index is -0.842. The third kappa shape index (κ3) is 7.14. The van der Waals surface area contributed by atoms with Crippen LogP contribution in [0.15, 0.2) is 40.9 Å². The molecule has 1 aromatic carbocycles. The molecule has 0 saturated carbocycles. The summed E-state index contributed by atoms with van der Waals surface area (Å²) in [7, 11) is 0. The molecule has 10 heteroatoms. The molecule has 4 rings (SSSR count). The quantitative estimate of drug-likeness (QED) is 0.488. The van der Waals surface area contributed by atoms with Gasteiger partial charge in [-0.05, 0) is 38.2 Å². The Kier molecular flexibility index (Phi) is 9.07. The van der Waals surface area contributed by atoms with E-state index in [1.54, 1.807) is 17.9 Å². The number of carbonyl (C=O) groups excluding carboxylic acids is 3. The van der Waals surface area contributed by atoms with E-state index >= 15 is 0 Å². The Morgan fingerprint density at radius 1 is 1.06 bits per heavy atom. The number of ether oxygens (including phenoxy) is 2. The minimum Gasteiger partial charge on any atom is -0.376 e. The first-order valence-electron chi connectivity index (χ1n) is 12.6. The lowest BCUT2D eigenvalue weighted by Crippen LogP contribution is -2.47. The van der Waals surface area contributed by atoms with Crippen molar-refractivity contribution in [3.8, 4) is 0 Å². The first-order valence-corrected chi connectivity index (χ1v) is 12.6. The van der Waals surface area contributed by atoms with Crippen molar-refractivity contribution in [3.63, 3.8) is 0 Å². The lowest BCUT2D eigenvalue weighted by atomic mass is 10.0. The van der Waals surface area contributed by atoms with Crippen LogP contribution in [0.25, 0.3) is 0 Å². The number of nitrogens with one attached hydrogen (secondary N) is 2. The first kappa shape index (κ1) is 25.8. The number of rotatable bonds is 11. The second-order valence-corrected chi connectivity index (χ2v) is 9.25. The number of carbonyl (C=O) groups is 3. The van der Waals surface area contributed by atoms with Gasteiger partial charge in [0, 0.05) is 45.2 Å². The number of aryl methyl sites for hydroxylation is 1. The van der Waals surface area contributed by atoms with Crippen LogP contribution in [0.4, 0.5) is 5.82 Å². The van der Waals surface area contributed by atoms with Crippen molar-refractivity contribution in [2.45, 2.75) is 63.7 Å². The molecule has 3 heterocycles. The molecule has 36 heavy (non-hydrogen) atoms. The van der Waals surface area contributed by atoms with Gasteiger partial charge < -0.3 is 29.5 Å². The molecular weight excluding hydrogens is 464 g/mol. The molecule has 3 atom stereocenters. The lowest BCUT2D eigenvalue weighted by molar-refractivity contribution is -0.143. The molecule has 0 radical (unpaired) electrons. The van der Waals surface area contributed by atoms with Gasteiger partial charge in [0.25, 0.3) is 0 Å². The third-order valence-corrected chi connectivity index (χ3v) is 6.41. The predicted octanol–water partition coefficient (Wildman–Crippen LogP) is 2.75. The molecule has 2 N–H and O–H groups in total. The van der Waals surface area contributed by atoms with Crippen LogP contribution in [0.3, 0.4) is 0 Å². The molecular formula is C26H34N4O6. The molecule has 0 bridgehead atoms. The second-order valence-electron chi connectivity index (χ2n) is 9.25. The van der Waals surface area contributed by atoms with Crippen LogP contribution in [0.2, 0.25) is 0 Å². The number of amides is 3. The number of nitrogens with zero attached hydrogens (tertiary/aromatic N) is 2. The van der Waals surface area contributed by atoms with E-state index in [9.17, 15) is 14.4 Å². The zero-order valence-corrected chi connectivity index (χ0v) is 20.6. The van der Waals surface area contributed by atoms with E-state index in [1.165, 1.54) is 0 Å². The van der Waals surface area contributed by atoms with Crippen LogP contribution >= 0.6 is 0 Å². The number of anilines is 1. The molecule has 2 aliphatic rings. The summed E-state index contributed by atoms with van der Waals surface area (Å²) in [6, 6.07) is 10.00. The van der Waals surface area contributed by atoms with Gasteiger partial charge in [0.2, 0.25) is 17.7 Å². The minimum absolute atomic E-state index is 0.0171. The average molecular weight is 499 g/mol. The Bertz CT molecular complexity index is 1010. The SMILES string of the molecule is Cc1cc(NC(=O)CCC(=O)N(C[C@@H]2CCCO2)[C@@H](C(=O)NC[C@H]2CCCO2)c2ccccc2)no1. The standard InChI is InChI=1S/C26H34N4O6/c1-18-15-22(29-36-18)28-23(31)11-12-24(32)30(17-21-10-6-14-35-21)25(19-7-3-2-4-8-19)26(33)27-16-20-9-5-13-34-20/h2-4,7-8,15,20-21,25H,5-6,9-14,16-17H2,1H3,(H,27,33)(H,28,29,31)/t20-,21+,25-/m1/s1. The average Bonchev–Trinajstić information content (AvgIpc) is 3.66. The summed E-state index contributed by atoms with van der Waals surface area (Å²) < 4.78 is 16.4. The van der Waals surface area contributed by atoms with E-state index in [0.717, 1.165) is 25.7 Å². The Labute approximate surface area is 210 Å². The molecule has 0 unspecified atom stereocenters. The first-order chi connectivity index (χ1) is 17.5. The normalized spacial score (nSPS) is 20.1. The topological polar surface area (TPSA) is 123 Å². The fourth-order valence-electron chi connectivity index (χ4n) is 4.58. The summed E-state index contributed by atoms with van der Waals surface area (Å²) in [4.78, 5) is 41.0. The molecule has 194 valence electrons. The smallest absolute Gasteiger partial charge is 0.247 e. The highest BCUT2D eigenvalue weighted by molar-refractivity contribution is 5.94. The van der Waals surface area contributed by atoms with E-state index in [0.29, 0.717) is 36.9 Å². The van der Waals surface area contributed by atoms with E-state index in [2.05, 4.69) is 15.8 Å². The van der Waals surface area contributed by atoms with Crippen molar-refractivity contribution in [2.75, 3.05) is 31.6 Å². The summed E-state index contributed by atoms with van der Waals surface area (Å²) in [5.41, 5.74) is 0.705. The molecule has 10 nitrogen and oxygen atoms in total. The Morgan fingerprint density at radius 2 is 1.78 bits per heavy atom. The zero-order valence-electron chi connectivity index (χ0n) is 20.6. The van der Waals surface area contributed by atoms with Gasteiger partial charge in [-0.3, -0.25) is 14.4 Å². The lowest BCUT2D eigenvalue weighted by Gasteiger charge is -2.33. The summed E-state index contributed by atoms with van der Waals surface area (Å²) in [6.45, 7) is 3.72. The fourth-order valence-corrected chi connectivity index (χ4v) is 4.58. The third-order valence-electron chi connectivity index (χ3n) is 6.41. The van der Waals surface area contributed by atoms with Crippen LogP contribution in [0.5, 0.6) is 0 Å². The summed E-state index contributed by atoms with van der Waals surface area (Å²) in [6.07, 6.45) is 3.32. The van der Waals surface area contributed by atoms with E-state index in [1.807, 2.05) is 30.3 Å².